The Hall–Kier alpha value is -1.01. The number of hydrogen-bond donors (Lipinski definition) is 1. The van der Waals surface area contributed by atoms with Crippen LogP contribution in [0.25, 0.3) is 0 Å². The Morgan fingerprint density at radius 3 is 2.32 bits per heavy atom. The van der Waals surface area contributed by atoms with E-state index >= 15 is 0 Å². The van der Waals surface area contributed by atoms with Crippen molar-refractivity contribution in [2.75, 3.05) is 7.05 Å². The fraction of sp³-hybridized carbons (Fsp3) is 0.200. The van der Waals surface area contributed by atoms with Crippen LogP contribution in [0, 0.1) is 15.2 Å². The van der Waals surface area contributed by atoms with Crippen LogP contribution in [0.4, 0.5) is 8.78 Å². The molecular formula is C15H14F2IN. The molecule has 19 heavy (non-hydrogen) atoms. The molecule has 0 radical (unpaired) electrons. The first kappa shape index (κ1) is 14.4. The summed E-state index contributed by atoms with van der Waals surface area (Å²) in [7, 11) is 1.86. The molecule has 4 heteroatoms. The zero-order chi connectivity index (χ0) is 13.8. The molecule has 2 rings (SSSR count). The van der Waals surface area contributed by atoms with Gasteiger partial charge in [0.25, 0.3) is 0 Å². The molecule has 0 amide bonds. The molecule has 0 aliphatic rings. The van der Waals surface area contributed by atoms with Gasteiger partial charge in [-0.05, 0) is 71.5 Å². The minimum atomic E-state index is -0.806. The molecule has 0 aliphatic carbocycles. The molecule has 100 valence electrons. The number of likely N-dealkylation sites (N-methyl/N-ethyl adjacent to an activating group) is 1. The number of halogens is 3. The van der Waals surface area contributed by atoms with Crippen LogP contribution >= 0.6 is 22.6 Å². The van der Waals surface area contributed by atoms with Gasteiger partial charge in [-0.2, -0.15) is 0 Å². The van der Waals surface area contributed by atoms with Gasteiger partial charge in [-0.15, -0.1) is 0 Å². The number of hydrogen-bond acceptors (Lipinski definition) is 1. The van der Waals surface area contributed by atoms with Gasteiger partial charge in [0.2, 0.25) is 0 Å². The monoisotopic (exact) mass is 373 g/mol. The van der Waals surface area contributed by atoms with Crippen LogP contribution in [0.15, 0.2) is 42.5 Å². The maximum Gasteiger partial charge on any atom is 0.159 e. The Balaban J connectivity index is 2.18. The van der Waals surface area contributed by atoms with E-state index in [4.69, 9.17) is 0 Å². The molecule has 0 aromatic heterocycles. The van der Waals surface area contributed by atoms with Crippen LogP contribution < -0.4 is 5.32 Å². The van der Waals surface area contributed by atoms with Gasteiger partial charge in [0.1, 0.15) is 0 Å². The van der Waals surface area contributed by atoms with Gasteiger partial charge in [-0.1, -0.05) is 18.2 Å². The first-order valence-corrected chi connectivity index (χ1v) is 7.04. The van der Waals surface area contributed by atoms with Crippen molar-refractivity contribution in [1.29, 1.82) is 0 Å². The van der Waals surface area contributed by atoms with E-state index in [0.29, 0.717) is 6.42 Å². The van der Waals surface area contributed by atoms with Crippen LogP contribution in [0.5, 0.6) is 0 Å². The largest absolute Gasteiger partial charge is 0.313 e. The number of benzene rings is 2. The van der Waals surface area contributed by atoms with E-state index in [1.54, 1.807) is 6.07 Å². The molecule has 0 saturated carbocycles. The summed E-state index contributed by atoms with van der Waals surface area (Å²) in [5.41, 5.74) is 1.91. The van der Waals surface area contributed by atoms with Gasteiger partial charge < -0.3 is 5.32 Å². The fourth-order valence-corrected chi connectivity index (χ4v) is 2.34. The Morgan fingerprint density at radius 1 is 1.05 bits per heavy atom. The van der Waals surface area contributed by atoms with Crippen LogP contribution in [-0.4, -0.2) is 7.05 Å². The first-order valence-electron chi connectivity index (χ1n) is 5.97. The van der Waals surface area contributed by atoms with Crippen molar-refractivity contribution in [3.05, 3.63) is 68.8 Å². The maximum absolute atomic E-state index is 13.2. The molecule has 1 unspecified atom stereocenters. The van der Waals surface area contributed by atoms with E-state index in [1.165, 1.54) is 15.7 Å². The van der Waals surface area contributed by atoms with E-state index in [2.05, 4.69) is 27.9 Å². The van der Waals surface area contributed by atoms with Gasteiger partial charge in [-0.3, -0.25) is 0 Å². The third-order valence-corrected chi connectivity index (χ3v) is 3.76. The zero-order valence-electron chi connectivity index (χ0n) is 10.5. The number of nitrogens with one attached hydrogen (secondary N) is 1. The average molecular weight is 373 g/mol. The first-order chi connectivity index (χ1) is 9.10. The quantitative estimate of drug-likeness (QED) is 0.797. The normalized spacial score (nSPS) is 12.4. The average Bonchev–Trinajstić information content (AvgIpc) is 2.41. The van der Waals surface area contributed by atoms with Crippen LogP contribution in [0.3, 0.4) is 0 Å². The molecule has 0 heterocycles. The second kappa shape index (κ2) is 6.43. The van der Waals surface area contributed by atoms with E-state index in [0.717, 1.165) is 11.1 Å². The molecule has 0 spiro atoms. The number of rotatable bonds is 4. The molecule has 2 aromatic rings. The Bertz CT molecular complexity index is 555. The minimum absolute atomic E-state index is 0.0851. The van der Waals surface area contributed by atoms with Crippen LogP contribution in [-0.2, 0) is 6.42 Å². The summed E-state index contributed by atoms with van der Waals surface area (Å²) in [6.07, 6.45) is 0.619. The maximum atomic E-state index is 13.2. The zero-order valence-corrected chi connectivity index (χ0v) is 12.6. The highest BCUT2D eigenvalue weighted by molar-refractivity contribution is 14.1. The third-order valence-electron chi connectivity index (χ3n) is 3.04. The second-order valence-corrected chi connectivity index (χ2v) is 5.59. The summed E-state index contributed by atoms with van der Waals surface area (Å²) in [6, 6.07) is 12.3. The van der Waals surface area contributed by atoms with E-state index in [9.17, 15) is 8.78 Å². The van der Waals surface area contributed by atoms with Crippen molar-refractivity contribution in [2.45, 2.75) is 12.5 Å². The predicted molar refractivity (Wildman–Crippen MR) is 81.0 cm³/mol. The van der Waals surface area contributed by atoms with E-state index in [-0.39, 0.29) is 6.04 Å². The highest BCUT2D eigenvalue weighted by atomic mass is 127. The van der Waals surface area contributed by atoms with Crippen LogP contribution in [0.1, 0.15) is 17.2 Å². The van der Waals surface area contributed by atoms with Crippen molar-refractivity contribution in [1.82, 2.24) is 5.32 Å². The lowest BCUT2D eigenvalue weighted by atomic mass is 9.99. The highest BCUT2D eigenvalue weighted by Gasteiger charge is 2.11. The molecule has 0 fully saturated rings. The molecule has 1 N–H and O–H groups in total. The summed E-state index contributed by atoms with van der Waals surface area (Å²) < 4.78 is 27.3. The second-order valence-electron chi connectivity index (χ2n) is 4.35. The van der Waals surface area contributed by atoms with E-state index in [1.807, 2.05) is 31.3 Å². The molecular weight excluding hydrogens is 359 g/mol. The molecule has 2 aromatic carbocycles. The molecule has 0 bridgehead atoms. The predicted octanol–water partition coefficient (Wildman–Crippen LogP) is 4.07. The molecule has 1 nitrogen and oxygen atoms in total. The molecule has 0 saturated heterocycles. The third kappa shape index (κ3) is 3.73. The van der Waals surface area contributed by atoms with Gasteiger partial charge in [-0.25, -0.2) is 8.78 Å². The van der Waals surface area contributed by atoms with Crippen molar-refractivity contribution in [2.24, 2.45) is 0 Å². The standard InChI is InChI=1S/C15H14F2IN/c1-19-15(11-3-5-12(18)6-4-11)9-10-2-7-13(16)14(17)8-10/h2-8,15,19H,9H2,1H3. The summed E-state index contributed by atoms with van der Waals surface area (Å²) in [4.78, 5) is 0. The van der Waals surface area contributed by atoms with Crippen molar-refractivity contribution >= 4 is 22.6 Å². The SMILES string of the molecule is CNC(Cc1ccc(F)c(F)c1)c1ccc(I)cc1. The Labute approximate surface area is 125 Å². The van der Waals surface area contributed by atoms with Gasteiger partial charge in [0, 0.05) is 9.61 Å². The van der Waals surface area contributed by atoms with Crippen molar-refractivity contribution < 1.29 is 8.78 Å². The molecule has 0 aliphatic heterocycles. The van der Waals surface area contributed by atoms with Crippen molar-refractivity contribution in [3.63, 3.8) is 0 Å². The van der Waals surface area contributed by atoms with Crippen molar-refractivity contribution in [3.8, 4) is 0 Å². The van der Waals surface area contributed by atoms with Crippen LogP contribution in [0.2, 0.25) is 0 Å². The molecule has 1 atom stereocenters. The van der Waals surface area contributed by atoms with Gasteiger partial charge in [0.15, 0.2) is 11.6 Å². The van der Waals surface area contributed by atoms with E-state index < -0.39 is 11.6 Å². The minimum Gasteiger partial charge on any atom is -0.313 e. The highest BCUT2D eigenvalue weighted by Crippen LogP contribution is 2.20. The topological polar surface area (TPSA) is 12.0 Å². The summed E-state index contributed by atoms with van der Waals surface area (Å²) >= 11 is 2.25. The van der Waals surface area contributed by atoms with Gasteiger partial charge >= 0.3 is 0 Å². The lowest BCUT2D eigenvalue weighted by Crippen LogP contribution is -2.18. The van der Waals surface area contributed by atoms with Gasteiger partial charge in [0.05, 0.1) is 0 Å². The Morgan fingerprint density at radius 2 is 1.74 bits per heavy atom. The lowest BCUT2D eigenvalue weighted by Gasteiger charge is -2.17. The Kier molecular flexibility index (Phi) is 4.87. The summed E-state index contributed by atoms with van der Waals surface area (Å²) in [5.74, 6) is -1.60. The fourth-order valence-electron chi connectivity index (χ4n) is 1.98. The lowest BCUT2D eigenvalue weighted by molar-refractivity contribution is 0.504. The summed E-state index contributed by atoms with van der Waals surface area (Å²) in [5, 5.41) is 3.20. The smallest absolute Gasteiger partial charge is 0.159 e. The summed E-state index contributed by atoms with van der Waals surface area (Å²) in [6.45, 7) is 0.